The third kappa shape index (κ3) is 3.28. The predicted molar refractivity (Wildman–Crippen MR) is 92.9 cm³/mol. The number of hydrogen-bond donors (Lipinski definition) is 1. The van der Waals surface area contributed by atoms with E-state index in [0.717, 1.165) is 20.4 Å². The van der Waals surface area contributed by atoms with E-state index in [1.165, 1.54) is 11.3 Å². The fourth-order valence-corrected chi connectivity index (χ4v) is 3.30. The first-order chi connectivity index (χ1) is 10.7. The number of amides is 1. The number of fused-ring (bicyclic) bond motifs is 1. The van der Waals surface area contributed by atoms with Crippen molar-refractivity contribution in [1.82, 2.24) is 4.98 Å². The largest absolute Gasteiger partial charge is 0.494 e. The van der Waals surface area contributed by atoms with Crippen molar-refractivity contribution in [3.63, 3.8) is 0 Å². The molecule has 0 aliphatic heterocycles. The van der Waals surface area contributed by atoms with Gasteiger partial charge in [-0.3, -0.25) is 10.1 Å². The van der Waals surface area contributed by atoms with Gasteiger partial charge in [0.05, 0.1) is 16.8 Å². The van der Waals surface area contributed by atoms with Crippen LogP contribution in [0.4, 0.5) is 5.13 Å². The maximum atomic E-state index is 12.2. The summed E-state index contributed by atoms with van der Waals surface area (Å²) in [5.41, 5.74) is 1.43. The molecule has 0 atom stereocenters. The molecule has 4 nitrogen and oxygen atoms in total. The number of aromatic nitrogens is 1. The lowest BCUT2D eigenvalue weighted by molar-refractivity contribution is 0.102. The molecule has 112 valence electrons. The zero-order valence-electron chi connectivity index (χ0n) is 11.8. The highest BCUT2D eigenvalue weighted by atomic mass is 79.9. The fourth-order valence-electron chi connectivity index (χ4n) is 2.01. The summed E-state index contributed by atoms with van der Waals surface area (Å²) in [6.45, 7) is 2.57. The first kappa shape index (κ1) is 15.0. The van der Waals surface area contributed by atoms with E-state index in [9.17, 15) is 4.79 Å². The zero-order chi connectivity index (χ0) is 15.5. The number of halogens is 1. The maximum Gasteiger partial charge on any atom is 0.257 e. The molecule has 22 heavy (non-hydrogen) atoms. The van der Waals surface area contributed by atoms with Crippen LogP contribution in [0.2, 0.25) is 0 Å². The van der Waals surface area contributed by atoms with Crippen molar-refractivity contribution in [3.8, 4) is 5.75 Å². The van der Waals surface area contributed by atoms with Gasteiger partial charge in [0, 0.05) is 10.0 Å². The molecule has 1 amide bonds. The van der Waals surface area contributed by atoms with E-state index in [0.29, 0.717) is 17.3 Å². The average molecular weight is 377 g/mol. The molecular formula is C16H13BrN2O2S. The molecule has 2 aromatic carbocycles. The number of nitrogens with one attached hydrogen (secondary N) is 1. The van der Waals surface area contributed by atoms with Gasteiger partial charge in [0.2, 0.25) is 0 Å². The molecule has 0 unspecified atom stereocenters. The second kappa shape index (κ2) is 6.46. The van der Waals surface area contributed by atoms with E-state index in [1.54, 1.807) is 12.1 Å². The molecule has 1 heterocycles. The molecule has 0 radical (unpaired) electrons. The Hall–Kier alpha value is -1.92. The highest BCUT2D eigenvalue weighted by Gasteiger charge is 2.10. The van der Waals surface area contributed by atoms with E-state index < -0.39 is 0 Å². The number of nitrogens with zero attached hydrogens (tertiary/aromatic N) is 1. The van der Waals surface area contributed by atoms with E-state index in [2.05, 4.69) is 26.2 Å². The summed E-state index contributed by atoms with van der Waals surface area (Å²) >= 11 is 4.79. The van der Waals surface area contributed by atoms with Gasteiger partial charge in [-0.2, -0.15) is 0 Å². The molecule has 0 fully saturated rings. The lowest BCUT2D eigenvalue weighted by Crippen LogP contribution is -2.11. The van der Waals surface area contributed by atoms with E-state index in [4.69, 9.17) is 4.74 Å². The highest BCUT2D eigenvalue weighted by molar-refractivity contribution is 9.10. The Morgan fingerprint density at radius 1 is 1.32 bits per heavy atom. The first-order valence-electron chi connectivity index (χ1n) is 6.76. The number of ether oxygens (including phenoxy) is 1. The van der Waals surface area contributed by atoms with Gasteiger partial charge in [0.1, 0.15) is 5.75 Å². The topological polar surface area (TPSA) is 51.2 Å². The maximum absolute atomic E-state index is 12.2. The van der Waals surface area contributed by atoms with Gasteiger partial charge in [0.15, 0.2) is 5.13 Å². The summed E-state index contributed by atoms with van der Waals surface area (Å²) in [6, 6.07) is 13.0. The number of benzene rings is 2. The molecule has 0 spiro atoms. The second-order valence-electron chi connectivity index (χ2n) is 4.55. The van der Waals surface area contributed by atoms with Gasteiger partial charge in [-0.05, 0) is 43.3 Å². The number of anilines is 1. The summed E-state index contributed by atoms with van der Waals surface area (Å²) in [5.74, 6) is 0.633. The molecule has 0 bridgehead atoms. The van der Waals surface area contributed by atoms with Crippen LogP contribution in [0.25, 0.3) is 10.2 Å². The Morgan fingerprint density at radius 2 is 2.18 bits per heavy atom. The van der Waals surface area contributed by atoms with Crippen molar-refractivity contribution in [2.24, 2.45) is 0 Å². The van der Waals surface area contributed by atoms with Crippen LogP contribution in [-0.4, -0.2) is 17.5 Å². The van der Waals surface area contributed by atoms with Gasteiger partial charge in [-0.15, -0.1) is 0 Å². The molecule has 1 aromatic heterocycles. The summed E-state index contributed by atoms with van der Waals surface area (Å²) < 4.78 is 7.32. The number of rotatable bonds is 4. The number of carbonyl (C=O) groups excluding carboxylic acids is 1. The molecule has 0 saturated carbocycles. The molecule has 1 N–H and O–H groups in total. The minimum Gasteiger partial charge on any atom is -0.494 e. The molecule has 6 heteroatoms. The van der Waals surface area contributed by atoms with Crippen molar-refractivity contribution in [2.45, 2.75) is 6.92 Å². The van der Waals surface area contributed by atoms with Crippen LogP contribution in [-0.2, 0) is 0 Å². The SMILES string of the molecule is CCOc1ccc2nc(NC(=O)c3cccc(Br)c3)sc2c1. The lowest BCUT2D eigenvalue weighted by Gasteiger charge is -2.01. The summed E-state index contributed by atoms with van der Waals surface area (Å²) in [7, 11) is 0. The summed E-state index contributed by atoms with van der Waals surface area (Å²) in [5, 5.41) is 3.41. The van der Waals surface area contributed by atoms with E-state index in [1.807, 2.05) is 37.3 Å². The van der Waals surface area contributed by atoms with Crippen LogP contribution in [0.15, 0.2) is 46.9 Å². The van der Waals surface area contributed by atoms with Crippen molar-refractivity contribution >= 4 is 48.5 Å². The Balaban J connectivity index is 1.83. The normalized spacial score (nSPS) is 10.6. The predicted octanol–water partition coefficient (Wildman–Crippen LogP) is 4.71. The second-order valence-corrected chi connectivity index (χ2v) is 6.49. The third-order valence-electron chi connectivity index (χ3n) is 2.98. The monoisotopic (exact) mass is 376 g/mol. The third-order valence-corrected chi connectivity index (χ3v) is 4.41. The molecule has 3 aromatic rings. The van der Waals surface area contributed by atoms with Crippen LogP contribution >= 0.6 is 27.3 Å². The highest BCUT2D eigenvalue weighted by Crippen LogP contribution is 2.29. The van der Waals surface area contributed by atoms with Crippen molar-refractivity contribution in [3.05, 3.63) is 52.5 Å². The lowest BCUT2D eigenvalue weighted by atomic mass is 10.2. The van der Waals surface area contributed by atoms with E-state index >= 15 is 0 Å². The number of carbonyl (C=O) groups is 1. The van der Waals surface area contributed by atoms with Crippen LogP contribution in [0.3, 0.4) is 0 Å². The van der Waals surface area contributed by atoms with Gasteiger partial charge in [-0.25, -0.2) is 4.98 Å². The molecule has 3 rings (SSSR count). The minimum absolute atomic E-state index is 0.176. The quantitative estimate of drug-likeness (QED) is 0.717. The van der Waals surface area contributed by atoms with Crippen LogP contribution < -0.4 is 10.1 Å². The molecular weight excluding hydrogens is 364 g/mol. The molecule has 0 aliphatic rings. The average Bonchev–Trinajstić information content (AvgIpc) is 2.89. The molecule has 0 saturated heterocycles. The standard InChI is InChI=1S/C16H13BrN2O2S/c1-2-21-12-6-7-13-14(9-12)22-16(18-13)19-15(20)10-4-3-5-11(17)8-10/h3-9H,2H2,1H3,(H,18,19,20). The Bertz CT molecular complexity index is 832. The zero-order valence-corrected chi connectivity index (χ0v) is 14.2. The van der Waals surface area contributed by atoms with Crippen LogP contribution in [0.5, 0.6) is 5.75 Å². The van der Waals surface area contributed by atoms with Gasteiger partial charge < -0.3 is 4.74 Å². The first-order valence-corrected chi connectivity index (χ1v) is 8.37. The smallest absolute Gasteiger partial charge is 0.257 e. The summed E-state index contributed by atoms with van der Waals surface area (Å²) in [6.07, 6.45) is 0. The van der Waals surface area contributed by atoms with Crippen LogP contribution in [0, 0.1) is 0 Å². The molecule has 0 aliphatic carbocycles. The number of thiazole rings is 1. The van der Waals surface area contributed by atoms with Crippen molar-refractivity contribution in [1.29, 1.82) is 0 Å². The van der Waals surface area contributed by atoms with Gasteiger partial charge in [-0.1, -0.05) is 33.3 Å². The Morgan fingerprint density at radius 3 is 2.95 bits per heavy atom. The Labute approximate surface area is 140 Å². The fraction of sp³-hybridized carbons (Fsp3) is 0.125. The summed E-state index contributed by atoms with van der Waals surface area (Å²) in [4.78, 5) is 16.6. The van der Waals surface area contributed by atoms with Crippen molar-refractivity contribution < 1.29 is 9.53 Å². The van der Waals surface area contributed by atoms with Gasteiger partial charge in [0.25, 0.3) is 5.91 Å². The minimum atomic E-state index is -0.176. The number of hydrogen-bond acceptors (Lipinski definition) is 4. The van der Waals surface area contributed by atoms with Crippen molar-refractivity contribution in [2.75, 3.05) is 11.9 Å². The van der Waals surface area contributed by atoms with Crippen LogP contribution in [0.1, 0.15) is 17.3 Å². The van der Waals surface area contributed by atoms with E-state index in [-0.39, 0.29) is 5.91 Å². The Kier molecular flexibility index (Phi) is 4.40. The van der Waals surface area contributed by atoms with Gasteiger partial charge >= 0.3 is 0 Å².